The lowest BCUT2D eigenvalue weighted by molar-refractivity contribution is 0.199. The van der Waals surface area contributed by atoms with Crippen LogP contribution >= 0.6 is 0 Å². The van der Waals surface area contributed by atoms with Crippen LogP contribution in [0, 0.1) is 5.92 Å². The van der Waals surface area contributed by atoms with Crippen molar-refractivity contribution in [2.75, 3.05) is 26.8 Å². The van der Waals surface area contributed by atoms with Crippen molar-refractivity contribution in [2.45, 2.75) is 39.0 Å². The van der Waals surface area contributed by atoms with Crippen LogP contribution in [0.3, 0.4) is 0 Å². The Balaban J connectivity index is 2.03. The topological polar surface area (TPSA) is 21.3 Å². The Labute approximate surface area is 94.1 Å². The van der Waals surface area contributed by atoms with Gasteiger partial charge in [0.25, 0.3) is 0 Å². The van der Waals surface area contributed by atoms with Crippen LogP contribution in [0.1, 0.15) is 39.0 Å². The summed E-state index contributed by atoms with van der Waals surface area (Å²) in [6.07, 6.45) is 9.27. The Bertz CT molecular complexity index is 183. The Morgan fingerprint density at radius 3 is 2.73 bits per heavy atom. The van der Waals surface area contributed by atoms with Gasteiger partial charge in [-0.3, -0.25) is 0 Å². The minimum atomic E-state index is 0.811. The van der Waals surface area contributed by atoms with Crippen molar-refractivity contribution in [1.82, 2.24) is 5.32 Å². The summed E-state index contributed by atoms with van der Waals surface area (Å²) in [5, 5.41) is 3.36. The van der Waals surface area contributed by atoms with Gasteiger partial charge in [0.05, 0.1) is 6.61 Å². The molecule has 0 bridgehead atoms. The molecule has 1 aliphatic rings. The van der Waals surface area contributed by atoms with Crippen LogP contribution < -0.4 is 5.32 Å². The number of allylic oxidation sites excluding steroid dienone is 1. The maximum Gasteiger partial charge on any atom is 0.0587 e. The molecule has 1 aliphatic carbocycles. The van der Waals surface area contributed by atoms with Crippen molar-refractivity contribution in [2.24, 2.45) is 5.92 Å². The van der Waals surface area contributed by atoms with Crippen LogP contribution in [-0.2, 0) is 4.74 Å². The normalized spacial score (nSPS) is 18.7. The van der Waals surface area contributed by atoms with E-state index in [4.69, 9.17) is 4.74 Å². The number of nitrogens with one attached hydrogen (secondary N) is 1. The Kier molecular flexibility index (Phi) is 6.69. The predicted molar refractivity (Wildman–Crippen MR) is 65.1 cm³/mol. The fourth-order valence-corrected chi connectivity index (χ4v) is 2.25. The van der Waals surface area contributed by atoms with Gasteiger partial charge in [-0.25, -0.2) is 0 Å². The van der Waals surface area contributed by atoms with E-state index in [1.54, 1.807) is 12.7 Å². The van der Waals surface area contributed by atoms with E-state index in [1.807, 2.05) is 0 Å². The van der Waals surface area contributed by atoms with Crippen LogP contribution in [0.2, 0.25) is 0 Å². The van der Waals surface area contributed by atoms with Crippen molar-refractivity contribution < 1.29 is 4.74 Å². The van der Waals surface area contributed by atoms with E-state index in [-0.39, 0.29) is 0 Å². The Hall–Kier alpha value is -0.340. The van der Waals surface area contributed by atoms with E-state index in [1.165, 1.54) is 25.7 Å². The quantitative estimate of drug-likeness (QED) is 0.516. The number of hydrogen-bond acceptors (Lipinski definition) is 2. The molecule has 1 N–H and O–H groups in total. The highest BCUT2D eigenvalue weighted by Gasteiger charge is 2.15. The first kappa shape index (κ1) is 12.7. The first-order valence-electron chi connectivity index (χ1n) is 6.21. The second-order valence-corrected chi connectivity index (χ2v) is 4.46. The zero-order valence-electron chi connectivity index (χ0n) is 10.2. The molecule has 0 heterocycles. The van der Waals surface area contributed by atoms with Gasteiger partial charge < -0.3 is 10.1 Å². The third-order valence-corrected chi connectivity index (χ3v) is 3.27. The molecule has 15 heavy (non-hydrogen) atoms. The summed E-state index contributed by atoms with van der Waals surface area (Å²) >= 11 is 0. The molecule has 0 aromatic heterocycles. The van der Waals surface area contributed by atoms with Gasteiger partial charge >= 0.3 is 0 Å². The molecule has 0 spiro atoms. The molecule has 0 radical (unpaired) electrons. The molecule has 1 fully saturated rings. The molecule has 0 amide bonds. The number of rotatable bonds is 7. The highest BCUT2D eigenvalue weighted by molar-refractivity contribution is 5.05. The maximum atomic E-state index is 4.97. The molecule has 0 aliphatic heterocycles. The zero-order valence-corrected chi connectivity index (χ0v) is 10.2. The minimum Gasteiger partial charge on any atom is -0.383 e. The first-order chi connectivity index (χ1) is 7.34. The monoisotopic (exact) mass is 211 g/mol. The van der Waals surface area contributed by atoms with Crippen LogP contribution in [-0.4, -0.2) is 26.8 Å². The average Bonchev–Trinajstić information content (AvgIpc) is 2.76. The predicted octanol–water partition coefficient (Wildman–Crippen LogP) is 2.75. The van der Waals surface area contributed by atoms with Crippen molar-refractivity contribution >= 4 is 0 Å². The number of ether oxygens (including phenoxy) is 1. The Morgan fingerprint density at radius 2 is 2.07 bits per heavy atom. The zero-order chi connectivity index (χ0) is 10.9. The third kappa shape index (κ3) is 5.33. The highest BCUT2D eigenvalue weighted by atomic mass is 16.5. The molecule has 0 saturated heterocycles. The van der Waals surface area contributed by atoms with Gasteiger partial charge in [0.15, 0.2) is 0 Å². The van der Waals surface area contributed by atoms with Gasteiger partial charge in [-0.2, -0.15) is 0 Å². The van der Waals surface area contributed by atoms with Crippen LogP contribution in [0.4, 0.5) is 0 Å². The van der Waals surface area contributed by atoms with E-state index >= 15 is 0 Å². The average molecular weight is 211 g/mol. The van der Waals surface area contributed by atoms with Gasteiger partial charge in [-0.05, 0) is 38.6 Å². The van der Waals surface area contributed by atoms with Crippen molar-refractivity contribution in [1.29, 1.82) is 0 Å². The van der Waals surface area contributed by atoms with Gasteiger partial charge in [0.1, 0.15) is 0 Å². The molecule has 1 saturated carbocycles. The minimum absolute atomic E-state index is 0.811. The highest BCUT2D eigenvalue weighted by Crippen LogP contribution is 2.30. The molecule has 0 unspecified atom stereocenters. The van der Waals surface area contributed by atoms with Crippen LogP contribution in [0.15, 0.2) is 11.6 Å². The fourth-order valence-electron chi connectivity index (χ4n) is 2.25. The lowest BCUT2D eigenvalue weighted by atomic mass is 9.98. The summed E-state index contributed by atoms with van der Waals surface area (Å²) in [5.74, 6) is 0.893. The summed E-state index contributed by atoms with van der Waals surface area (Å²) < 4.78 is 4.97. The van der Waals surface area contributed by atoms with Crippen molar-refractivity contribution in [3.05, 3.63) is 11.6 Å². The third-order valence-electron chi connectivity index (χ3n) is 3.27. The van der Waals surface area contributed by atoms with Gasteiger partial charge in [0, 0.05) is 13.7 Å². The standard InChI is InChI=1S/C13H25NO/c1-12(13-7-3-4-8-13)6-5-9-14-10-11-15-2/h6,13-14H,3-5,7-11H2,1-2H3. The van der Waals surface area contributed by atoms with E-state index in [2.05, 4.69) is 18.3 Å². The van der Waals surface area contributed by atoms with Gasteiger partial charge in [0.2, 0.25) is 0 Å². The smallest absolute Gasteiger partial charge is 0.0587 e. The van der Waals surface area contributed by atoms with E-state index < -0.39 is 0 Å². The maximum absolute atomic E-state index is 4.97. The molecule has 0 atom stereocenters. The van der Waals surface area contributed by atoms with Gasteiger partial charge in [-0.1, -0.05) is 24.5 Å². The second-order valence-electron chi connectivity index (χ2n) is 4.46. The van der Waals surface area contributed by atoms with Crippen molar-refractivity contribution in [3.8, 4) is 0 Å². The molecular formula is C13H25NO. The molecule has 88 valence electrons. The van der Waals surface area contributed by atoms with E-state index in [0.717, 1.165) is 32.0 Å². The lowest BCUT2D eigenvalue weighted by Gasteiger charge is -2.09. The van der Waals surface area contributed by atoms with Crippen LogP contribution in [0.25, 0.3) is 0 Å². The van der Waals surface area contributed by atoms with Gasteiger partial charge in [-0.15, -0.1) is 0 Å². The number of hydrogen-bond donors (Lipinski definition) is 1. The largest absolute Gasteiger partial charge is 0.383 e. The molecule has 0 aromatic rings. The molecule has 0 aromatic carbocycles. The van der Waals surface area contributed by atoms with E-state index in [9.17, 15) is 0 Å². The molecule has 1 rings (SSSR count). The van der Waals surface area contributed by atoms with E-state index in [0.29, 0.717) is 0 Å². The SMILES string of the molecule is COCCNCCC=C(C)C1CCCC1. The fraction of sp³-hybridized carbons (Fsp3) is 0.846. The number of methoxy groups -OCH3 is 1. The molecule has 2 heteroatoms. The van der Waals surface area contributed by atoms with Crippen molar-refractivity contribution in [3.63, 3.8) is 0 Å². The Morgan fingerprint density at radius 1 is 1.33 bits per heavy atom. The summed E-state index contributed by atoms with van der Waals surface area (Å²) in [5.41, 5.74) is 1.61. The lowest BCUT2D eigenvalue weighted by Crippen LogP contribution is -2.19. The molecular weight excluding hydrogens is 186 g/mol. The summed E-state index contributed by atoms with van der Waals surface area (Å²) in [4.78, 5) is 0. The summed E-state index contributed by atoms with van der Waals surface area (Å²) in [6, 6.07) is 0. The van der Waals surface area contributed by atoms with Crippen LogP contribution in [0.5, 0.6) is 0 Å². The molecule has 2 nitrogen and oxygen atoms in total. The summed E-state index contributed by atoms with van der Waals surface area (Å²) in [7, 11) is 1.74. The summed E-state index contributed by atoms with van der Waals surface area (Å²) in [6.45, 7) is 5.15. The first-order valence-corrected chi connectivity index (χ1v) is 6.21. The second kappa shape index (κ2) is 7.89.